The minimum Gasteiger partial charge on any atom is -0.497 e. The number of rotatable bonds is 5. The van der Waals surface area contributed by atoms with E-state index in [0.717, 1.165) is 24.1 Å². The van der Waals surface area contributed by atoms with Crippen molar-refractivity contribution in [2.45, 2.75) is 44.2 Å². The van der Waals surface area contributed by atoms with Gasteiger partial charge in [-0.05, 0) is 54.0 Å². The largest absolute Gasteiger partial charge is 0.497 e. The van der Waals surface area contributed by atoms with Crippen LogP contribution in [0.2, 0.25) is 0 Å². The molecule has 1 N–H and O–H groups in total. The molecular weight excluding hydrogens is 296 g/mol. The lowest BCUT2D eigenvalue weighted by Gasteiger charge is -2.55. The molecule has 4 atom stereocenters. The summed E-state index contributed by atoms with van der Waals surface area (Å²) in [7, 11) is 1.73. The van der Waals surface area contributed by atoms with Gasteiger partial charge in [-0.1, -0.05) is 31.0 Å². The molecule has 1 aromatic carbocycles. The van der Waals surface area contributed by atoms with Gasteiger partial charge < -0.3 is 10.1 Å². The highest BCUT2D eigenvalue weighted by molar-refractivity contribution is 5.33. The fourth-order valence-electron chi connectivity index (χ4n) is 4.76. The van der Waals surface area contributed by atoms with Crippen LogP contribution in [0.1, 0.15) is 42.7 Å². The number of hydrogen-bond donors (Lipinski definition) is 1. The molecule has 3 nitrogen and oxygen atoms in total. The van der Waals surface area contributed by atoms with Crippen LogP contribution in [-0.2, 0) is 6.54 Å². The van der Waals surface area contributed by atoms with E-state index >= 15 is 0 Å². The van der Waals surface area contributed by atoms with Gasteiger partial charge >= 0.3 is 0 Å². The first-order chi connectivity index (χ1) is 11.9. The van der Waals surface area contributed by atoms with E-state index in [1.54, 1.807) is 7.11 Å². The van der Waals surface area contributed by atoms with Gasteiger partial charge in [-0.15, -0.1) is 0 Å². The number of ether oxygens (including phenoxy) is 1. The third-order valence-corrected chi connectivity index (χ3v) is 5.95. The first-order valence-corrected chi connectivity index (χ1v) is 9.13. The van der Waals surface area contributed by atoms with E-state index in [1.165, 1.54) is 36.8 Å². The lowest BCUT2D eigenvalue weighted by Crippen LogP contribution is -2.57. The molecule has 1 heterocycles. The average Bonchev–Trinajstić information content (AvgIpc) is 2.64. The number of fused-ring (bicyclic) bond motifs is 1. The Bertz CT molecular complexity index is 655. The number of pyridine rings is 1. The fourth-order valence-corrected chi connectivity index (χ4v) is 4.76. The van der Waals surface area contributed by atoms with Crippen LogP contribution in [0, 0.1) is 11.8 Å². The molecular formula is C21H26N2O. The number of nitrogens with zero attached hydrogens (tertiary/aromatic N) is 1. The maximum atomic E-state index is 5.32. The predicted molar refractivity (Wildman–Crippen MR) is 96.0 cm³/mol. The molecule has 2 aromatic rings. The third kappa shape index (κ3) is 2.93. The molecule has 2 aliphatic carbocycles. The van der Waals surface area contributed by atoms with Gasteiger partial charge in [0.1, 0.15) is 5.75 Å². The standard InChI is InChI=1S/C21H26N2O/c1-24-17-10-8-16(9-11-17)20-18-6-2-3-7-19(18)21(20)23-14-15-5-4-12-22-13-15/h4-5,8-13,18-21,23H,2-3,6-7,14H2,1H3/t18?,19?,20-,21-/m0/s1. The van der Waals surface area contributed by atoms with Gasteiger partial charge in [0.05, 0.1) is 7.11 Å². The summed E-state index contributed by atoms with van der Waals surface area (Å²) in [6, 6.07) is 13.5. The molecule has 0 aliphatic heterocycles. The number of nitrogens with one attached hydrogen (secondary N) is 1. The van der Waals surface area contributed by atoms with Crippen molar-refractivity contribution >= 4 is 0 Å². The van der Waals surface area contributed by atoms with Gasteiger partial charge in [0, 0.05) is 30.9 Å². The monoisotopic (exact) mass is 322 g/mol. The minimum absolute atomic E-state index is 0.587. The highest BCUT2D eigenvalue weighted by Gasteiger charge is 2.50. The topological polar surface area (TPSA) is 34.1 Å². The summed E-state index contributed by atoms with van der Waals surface area (Å²) >= 11 is 0. The summed E-state index contributed by atoms with van der Waals surface area (Å²) in [6.45, 7) is 0.911. The maximum Gasteiger partial charge on any atom is 0.118 e. The summed E-state index contributed by atoms with van der Waals surface area (Å²) in [5.41, 5.74) is 2.73. The van der Waals surface area contributed by atoms with E-state index in [0.29, 0.717) is 12.0 Å². The van der Waals surface area contributed by atoms with E-state index in [9.17, 15) is 0 Å². The smallest absolute Gasteiger partial charge is 0.118 e. The Balaban J connectivity index is 1.50. The second kappa shape index (κ2) is 6.94. The molecule has 2 unspecified atom stereocenters. The van der Waals surface area contributed by atoms with Crippen molar-refractivity contribution in [3.8, 4) is 5.75 Å². The predicted octanol–water partition coefficient (Wildman–Crippen LogP) is 4.15. The SMILES string of the molecule is COc1ccc([C@H]2C3CCCCC3[C@@H]2NCc2cccnc2)cc1. The number of methoxy groups -OCH3 is 1. The Hall–Kier alpha value is -1.87. The second-order valence-electron chi connectivity index (χ2n) is 7.18. The van der Waals surface area contributed by atoms with E-state index < -0.39 is 0 Å². The fraction of sp³-hybridized carbons (Fsp3) is 0.476. The van der Waals surface area contributed by atoms with Crippen molar-refractivity contribution in [3.05, 3.63) is 59.9 Å². The van der Waals surface area contributed by atoms with E-state index in [4.69, 9.17) is 4.74 Å². The van der Waals surface area contributed by atoms with E-state index in [1.807, 2.05) is 18.5 Å². The summed E-state index contributed by atoms with van der Waals surface area (Å²) in [6.07, 6.45) is 9.34. The average molecular weight is 322 g/mol. The minimum atomic E-state index is 0.587. The molecule has 0 spiro atoms. The van der Waals surface area contributed by atoms with Crippen LogP contribution in [0.15, 0.2) is 48.8 Å². The van der Waals surface area contributed by atoms with Crippen LogP contribution in [-0.4, -0.2) is 18.1 Å². The molecule has 0 bridgehead atoms. The highest BCUT2D eigenvalue weighted by atomic mass is 16.5. The molecule has 0 amide bonds. The first kappa shape index (κ1) is 15.6. The van der Waals surface area contributed by atoms with Crippen LogP contribution >= 0.6 is 0 Å². The molecule has 0 radical (unpaired) electrons. The molecule has 2 saturated carbocycles. The quantitative estimate of drug-likeness (QED) is 0.898. The molecule has 24 heavy (non-hydrogen) atoms. The molecule has 1 aromatic heterocycles. The zero-order chi connectivity index (χ0) is 16.4. The first-order valence-electron chi connectivity index (χ1n) is 9.13. The molecule has 0 saturated heterocycles. The lowest BCUT2D eigenvalue weighted by molar-refractivity contribution is 0.0254. The summed E-state index contributed by atoms with van der Waals surface area (Å²) in [5.74, 6) is 3.26. The van der Waals surface area contributed by atoms with Crippen LogP contribution in [0.5, 0.6) is 5.75 Å². The third-order valence-electron chi connectivity index (χ3n) is 5.95. The van der Waals surface area contributed by atoms with Crippen LogP contribution in [0.4, 0.5) is 0 Å². The Morgan fingerprint density at radius 1 is 1.08 bits per heavy atom. The maximum absolute atomic E-state index is 5.32. The Morgan fingerprint density at radius 3 is 2.58 bits per heavy atom. The van der Waals surface area contributed by atoms with Gasteiger partial charge in [-0.2, -0.15) is 0 Å². The Labute approximate surface area is 144 Å². The van der Waals surface area contributed by atoms with Gasteiger partial charge in [-0.25, -0.2) is 0 Å². The summed E-state index contributed by atoms with van der Waals surface area (Å²) < 4.78 is 5.32. The van der Waals surface area contributed by atoms with Crippen LogP contribution < -0.4 is 10.1 Å². The normalized spacial score (nSPS) is 28.7. The van der Waals surface area contributed by atoms with Crippen molar-refractivity contribution in [1.29, 1.82) is 0 Å². The number of benzene rings is 1. The van der Waals surface area contributed by atoms with Crippen molar-refractivity contribution in [2.24, 2.45) is 11.8 Å². The van der Waals surface area contributed by atoms with Crippen molar-refractivity contribution in [3.63, 3.8) is 0 Å². The molecule has 3 heteroatoms. The van der Waals surface area contributed by atoms with Crippen LogP contribution in [0.25, 0.3) is 0 Å². The Morgan fingerprint density at radius 2 is 1.88 bits per heavy atom. The summed E-state index contributed by atoms with van der Waals surface area (Å²) in [5, 5.41) is 3.84. The number of hydrogen-bond acceptors (Lipinski definition) is 3. The lowest BCUT2D eigenvalue weighted by atomic mass is 9.53. The molecule has 2 aliphatic rings. The molecule has 2 fully saturated rings. The van der Waals surface area contributed by atoms with Gasteiger partial charge in [0.25, 0.3) is 0 Å². The Kier molecular flexibility index (Phi) is 4.52. The highest BCUT2D eigenvalue weighted by Crippen LogP contribution is 2.54. The van der Waals surface area contributed by atoms with Crippen molar-refractivity contribution in [2.75, 3.05) is 7.11 Å². The van der Waals surface area contributed by atoms with E-state index in [-0.39, 0.29) is 0 Å². The van der Waals surface area contributed by atoms with Gasteiger partial charge in [0.2, 0.25) is 0 Å². The van der Waals surface area contributed by atoms with Gasteiger partial charge in [0.15, 0.2) is 0 Å². The zero-order valence-corrected chi connectivity index (χ0v) is 14.3. The van der Waals surface area contributed by atoms with Crippen LogP contribution in [0.3, 0.4) is 0 Å². The molecule has 126 valence electrons. The second-order valence-corrected chi connectivity index (χ2v) is 7.18. The van der Waals surface area contributed by atoms with E-state index in [2.05, 4.69) is 40.6 Å². The molecule has 4 rings (SSSR count). The summed E-state index contributed by atoms with van der Waals surface area (Å²) in [4.78, 5) is 4.23. The van der Waals surface area contributed by atoms with Crippen molar-refractivity contribution in [1.82, 2.24) is 10.3 Å². The zero-order valence-electron chi connectivity index (χ0n) is 14.3. The number of aromatic nitrogens is 1. The van der Waals surface area contributed by atoms with Gasteiger partial charge in [-0.3, -0.25) is 4.98 Å². The van der Waals surface area contributed by atoms with Crippen molar-refractivity contribution < 1.29 is 4.74 Å².